The van der Waals surface area contributed by atoms with Gasteiger partial charge >= 0.3 is 6.16 Å². The summed E-state index contributed by atoms with van der Waals surface area (Å²) in [4.78, 5) is 10.5. The molecule has 6 heteroatoms. The van der Waals surface area contributed by atoms with Crippen LogP contribution in [0, 0.1) is 6.92 Å². The molecule has 25 heavy (non-hydrogen) atoms. The van der Waals surface area contributed by atoms with Gasteiger partial charge in [0.15, 0.2) is 0 Å². The average Bonchev–Trinajstić information content (AvgIpc) is 3.11. The molecule has 0 saturated heterocycles. The predicted octanol–water partition coefficient (Wildman–Crippen LogP) is 5.12. The van der Waals surface area contributed by atoms with Crippen molar-refractivity contribution in [2.75, 3.05) is 0 Å². The van der Waals surface area contributed by atoms with Crippen molar-refractivity contribution >= 4 is 28.1 Å². The molecule has 4 aromatic rings. The van der Waals surface area contributed by atoms with E-state index in [1.807, 2.05) is 42.5 Å². The standard InChI is InChI=1S/C19H14O6/c1-11-12(8-18(23-11)25-19(20)21)10-22-13-6-7-15-14-4-2-3-5-16(14)24-17(15)9-13/h2-9H,10H2,1H3,(H,20,21). The first-order chi connectivity index (χ1) is 12.1. The Morgan fingerprint density at radius 1 is 1.04 bits per heavy atom. The number of rotatable bonds is 4. The normalized spacial score (nSPS) is 11.1. The van der Waals surface area contributed by atoms with Crippen LogP contribution < -0.4 is 9.47 Å². The largest absolute Gasteiger partial charge is 0.513 e. The molecule has 0 amide bonds. The maximum absolute atomic E-state index is 10.5. The first-order valence-corrected chi connectivity index (χ1v) is 7.64. The number of ether oxygens (including phenoxy) is 2. The van der Waals surface area contributed by atoms with Gasteiger partial charge in [0.05, 0.1) is 0 Å². The van der Waals surface area contributed by atoms with E-state index in [0.29, 0.717) is 17.1 Å². The van der Waals surface area contributed by atoms with Crippen molar-refractivity contribution in [3.05, 3.63) is 59.9 Å². The summed E-state index contributed by atoms with van der Waals surface area (Å²) in [7, 11) is 0. The SMILES string of the molecule is Cc1oc(OC(=O)O)cc1COc1ccc2c(c1)oc1ccccc12. The van der Waals surface area contributed by atoms with E-state index in [1.54, 1.807) is 6.92 Å². The molecular formula is C19H14O6. The second-order valence-corrected chi connectivity index (χ2v) is 5.56. The lowest BCUT2D eigenvalue weighted by Gasteiger charge is -2.04. The molecule has 2 aromatic heterocycles. The van der Waals surface area contributed by atoms with E-state index in [2.05, 4.69) is 4.74 Å². The van der Waals surface area contributed by atoms with Crippen LogP contribution in [-0.4, -0.2) is 11.3 Å². The van der Waals surface area contributed by atoms with E-state index in [1.165, 1.54) is 6.07 Å². The van der Waals surface area contributed by atoms with Crippen molar-refractivity contribution in [3.63, 3.8) is 0 Å². The maximum Gasteiger partial charge on any atom is 0.513 e. The van der Waals surface area contributed by atoms with Crippen LogP contribution in [0.15, 0.2) is 57.4 Å². The fourth-order valence-corrected chi connectivity index (χ4v) is 2.73. The molecule has 0 unspecified atom stereocenters. The van der Waals surface area contributed by atoms with E-state index in [0.717, 1.165) is 21.9 Å². The summed E-state index contributed by atoms with van der Waals surface area (Å²) in [5, 5.41) is 10.7. The highest BCUT2D eigenvalue weighted by atomic mass is 16.7. The fraction of sp³-hybridized carbons (Fsp3) is 0.105. The lowest BCUT2D eigenvalue weighted by Crippen LogP contribution is -2.01. The number of furan rings is 2. The second kappa shape index (κ2) is 5.90. The summed E-state index contributed by atoms with van der Waals surface area (Å²) in [5.74, 6) is 1.12. The summed E-state index contributed by atoms with van der Waals surface area (Å²) in [5.41, 5.74) is 2.29. The predicted molar refractivity (Wildman–Crippen MR) is 90.1 cm³/mol. The van der Waals surface area contributed by atoms with Crippen molar-refractivity contribution in [1.82, 2.24) is 0 Å². The van der Waals surface area contributed by atoms with Gasteiger partial charge in [-0.15, -0.1) is 0 Å². The van der Waals surface area contributed by atoms with Crippen molar-refractivity contribution in [2.45, 2.75) is 13.5 Å². The Bertz CT molecular complexity index is 1070. The third kappa shape index (κ3) is 2.89. The third-order valence-electron chi connectivity index (χ3n) is 3.93. The van der Waals surface area contributed by atoms with Gasteiger partial charge in [0.1, 0.15) is 29.3 Å². The van der Waals surface area contributed by atoms with Gasteiger partial charge in [-0.05, 0) is 25.1 Å². The van der Waals surface area contributed by atoms with E-state index >= 15 is 0 Å². The van der Waals surface area contributed by atoms with Gasteiger partial charge in [-0.3, -0.25) is 0 Å². The minimum Gasteiger partial charge on any atom is -0.489 e. The Morgan fingerprint density at radius 2 is 1.84 bits per heavy atom. The molecule has 0 bridgehead atoms. The molecule has 0 spiro atoms. The third-order valence-corrected chi connectivity index (χ3v) is 3.93. The smallest absolute Gasteiger partial charge is 0.489 e. The molecule has 0 atom stereocenters. The van der Waals surface area contributed by atoms with E-state index in [4.69, 9.17) is 18.7 Å². The molecule has 6 nitrogen and oxygen atoms in total. The Balaban J connectivity index is 1.56. The van der Waals surface area contributed by atoms with Gasteiger partial charge in [0, 0.05) is 28.5 Å². The van der Waals surface area contributed by atoms with Crippen LogP contribution in [0.5, 0.6) is 11.7 Å². The number of carbonyl (C=O) groups is 1. The quantitative estimate of drug-likeness (QED) is 0.520. The van der Waals surface area contributed by atoms with E-state index in [9.17, 15) is 4.79 Å². The van der Waals surface area contributed by atoms with Gasteiger partial charge in [-0.1, -0.05) is 18.2 Å². The van der Waals surface area contributed by atoms with E-state index in [-0.39, 0.29) is 12.6 Å². The summed E-state index contributed by atoms with van der Waals surface area (Å²) in [6.45, 7) is 1.94. The highest BCUT2D eigenvalue weighted by molar-refractivity contribution is 6.05. The Kier molecular flexibility index (Phi) is 3.57. The molecule has 126 valence electrons. The zero-order chi connectivity index (χ0) is 17.4. The average molecular weight is 338 g/mol. The number of hydrogen-bond acceptors (Lipinski definition) is 5. The van der Waals surface area contributed by atoms with Crippen molar-refractivity contribution in [1.29, 1.82) is 0 Å². The molecule has 4 rings (SSSR count). The van der Waals surface area contributed by atoms with Crippen LogP contribution in [-0.2, 0) is 6.61 Å². The summed E-state index contributed by atoms with van der Waals surface area (Å²) in [6, 6.07) is 15.0. The van der Waals surface area contributed by atoms with Gasteiger partial charge in [-0.2, -0.15) is 0 Å². The van der Waals surface area contributed by atoms with Crippen LogP contribution >= 0.6 is 0 Å². The summed E-state index contributed by atoms with van der Waals surface area (Å²) >= 11 is 0. The van der Waals surface area contributed by atoms with Crippen LogP contribution in [0.1, 0.15) is 11.3 Å². The fourth-order valence-electron chi connectivity index (χ4n) is 2.73. The van der Waals surface area contributed by atoms with Crippen LogP contribution in [0.3, 0.4) is 0 Å². The molecule has 0 aliphatic carbocycles. The molecule has 0 radical (unpaired) electrons. The maximum atomic E-state index is 10.5. The van der Waals surface area contributed by atoms with Crippen molar-refractivity contribution in [2.24, 2.45) is 0 Å². The molecule has 1 N–H and O–H groups in total. The monoisotopic (exact) mass is 338 g/mol. The lowest BCUT2D eigenvalue weighted by molar-refractivity contribution is 0.132. The summed E-state index contributed by atoms with van der Waals surface area (Å²) in [6.07, 6.45) is -1.42. The number of fused-ring (bicyclic) bond motifs is 3. The summed E-state index contributed by atoms with van der Waals surface area (Å²) < 4.78 is 21.3. The minimum absolute atomic E-state index is 0.0728. The Labute approximate surface area is 142 Å². The molecule has 2 aromatic carbocycles. The number of benzene rings is 2. The highest BCUT2D eigenvalue weighted by Crippen LogP contribution is 2.31. The van der Waals surface area contributed by atoms with Crippen LogP contribution in [0.25, 0.3) is 21.9 Å². The Hall–Kier alpha value is -3.41. The zero-order valence-corrected chi connectivity index (χ0v) is 13.3. The van der Waals surface area contributed by atoms with Crippen molar-refractivity contribution < 1.29 is 28.2 Å². The molecule has 0 saturated carbocycles. The number of hydrogen-bond donors (Lipinski definition) is 1. The molecule has 0 aliphatic rings. The second-order valence-electron chi connectivity index (χ2n) is 5.56. The first kappa shape index (κ1) is 15.1. The van der Waals surface area contributed by atoms with Crippen LogP contribution in [0.4, 0.5) is 4.79 Å². The lowest BCUT2D eigenvalue weighted by atomic mass is 10.1. The molecular weight excluding hydrogens is 324 g/mol. The van der Waals surface area contributed by atoms with Crippen LogP contribution in [0.2, 0.25) is 0 Å². The molecule has 0 aliphatic heterocycles. The number of aryl methyl sites for hydroxylation is 1. The molecule has 2 heterocycles. The number of carboxylic acid groups (broad SMARTS) is 1. The van der Waals surface area contributed by atoms with E-state index < -0.39 is 6.16 Å². The zero-order valence-electron chi connectivity index (χ0n) is 13.3. The minimum atomic E-state index is -1.42. The highest BCUT2D eigenvalue weighted by Gasteiger charge is 2.13. The van der Waals surface area contributed by atoms with Crippen molar-refractivity contribution in [3.8, 4) is 11.7 Å². The number of para-hydroxylation sites is 1. The topological polar surface area (TPSA) is 82.0 Å². The first-order valence-electron chi connectivity index (χ1n) is 7.64. The van der Waals surface area contributed by atoms with Gasteiger partial charge in [0.2, 0.25) is 0 Å². The Morgan fingerprint density at radius 3 is 2.68 bits per heavy atom. The van der Waals surface area contributed by atoms with Gasteiger partial charge < -0.3 is 23.4 Å². The van der Waals surface area contributed by atoms with Gasteiger partial charge in [0.25, 0.3) is 5.95 Å². The van der Waals surface area contributed by atoms with Gasteiger partial charge in [-0.25, -0.2) is 4.79 Å². The molecule has 0 fully saturated rings.